The van der Waals surface area contributed by atoms with E-state index in [9.17, 15) is 9.59 Å². The van der Waals surface area contributed by atoms with Crippen molar-refractivity contribution in [3.63, 3.8) is 0 Å². The molecule has 1 aliphatic heterocycles. The number of carbonyl (C=O) groups is 2. The third kappa shape index (κ3) is 2.25. The van der Waals surface area contributed by atoms with E-state index in [0.29, 0.717) is 25.2 Å². The van der Waals surface area contributed by atoms with Crippen molar-refractivity contribution in [2.45, 2.75) is 26.3 Å². The molecular formula is C13H18N2O3. The van der Waals surface area contributed by atoms with E-state index in [4.69, 9.17) is 5.11 Å². The van der Waals surface area contributed by atoms with Gasteiger partial charge in [0.2, 0.25) is 0 Å². The van der Waals surface area contributed by atoms with Crippen molar-refractivity contribution in [1.29, 1.82) is 0 Å². The van der Waals surface area contributed by atoms with Gasteiger partial charge in [0.05, 0.1) is 5.92 Å². The molecule has 1 amide bonds. The topological polar surface area (TPSA) is 62.5 Å². The number of carbonyl (C=O) groups excluding carboxylic acids is 1. The third-order valence-electron chi connectivity index (χ3n) is 3.38. The summed E-state index contributed by atoms with van der Waals surface area (Å²) in [6.07, 6.45) is 2.42. The summed E-state index contributed by atoms with van der Waals surface area (Å²) in [5, 5.41) is 8.94. The number of hydrogen-bond donors (Lipinski definition) is 1. The predicted octanol–water partition coefficient (Wildman–Crippen LogP) is 1.62. The first kappa shape index (κ1) is 12.7. The third-order valence-corrected chi connectivity index (χ3v) is 3.38. The Kier molecular flexibility index (Phi) is 3.41. The molecule has 1 fully saturated rings. The largest absolute Gasteiger partial charge is 0.481 e. The molecule has 0 radical (unpaired) electrons. The average molecular weight is 250 g/mol. The Morgan fingerprint density at radius 3 is 2.72 bits per heavy atom. The van der Waals surface area contributed by atoms with E-state index >= 15 is 0 Å². The zero-order valence-electron chi connectivity index (χ0n) is 10.7. The first-order valence-corrected chi connectivity index (χ1v) is 6.19. The smallest absolute Gasteiger partial charge is 0.308 e. The van der Waals surface area contributed by atoms with Crippen LogP contribution in [0.1, 0.15) is 36.8 Å². The van der Waals surface area contributed by atoms with Gasteiger partial charge in [0.25, 0.3) is 5.91 Å². The highest BCUT2D eigenvalue weighted by atomic mass is 16.4. The van der Waals surface area contributed by atoms with Crippen LogP contribution in [-0.2, 0) is 4.79 Å². The minimum absolute atomic E-state index is 0.0718. The highest BCUT2D eigenvalue weighted by Crippen LogP contribution is 2.20. The summed E-state index contributed by atoms with van der Waals surface area (Å²) in [5.74, 6) is -1.31. The summed E-state index contributed by atoms with van der Waals surface area (Å²) in [4.78, 5) is 24.8. The summed E-state index contributed by atoms with van der Waals surface area (Å²) in [7, 11) is 0. The molecule has 0 bridgehead atoms. The minimum atomic E-state index is -0.815. The molecule has 5 nitrogen and oxygen atoms in total. The first-order valence-electron chi connectivity index (χ1n) is 6.19. The van der Waals surface area contributed by atoms with Gasteiger partial charge in [0.15, 0.2) is 0 Å². The highest BCUT2D eigenvalue weighted by Gasteiger charge is 2.32. The number of likely N-dealkylation sites (tertiary alicyclic amines) is 1. The zero-order chi connectivity index (χ0) is 13.3. The molecule has 0 saturated carbocycles. The maximum Gasteiger partial charge on any atom is 0.308 e. The second kappa shape index (κ2) is 4.84. The molecular weight excluding hydrogens is 232 g/mol. The molecule has 1 aromatic heterocycles. The Bertz CT molecular complexity index is 465. The summed E-state index contributed by atoms with van der Waals surface area (Å²) in [6.45, 7) is 4.87. The van der Waals surface area contributed by atoms with E-state index in [1.54, 1.807) is 11.0 Å². The number of aromatic nitrogens is 1. The first-order chi connectivity index (χ1) is 8.50. The molecule has 98 valence electrons. The fourth-order valence-corrected chi connectivity index (χ4v) is 2.33. The number of rotatable bonds is 3. The molecule has 2 heterocycles. The summed E-state index contributed by atoms with van der Waals surface area (Å²) in [5.41, 5.74) is 0.635. The van der Waals surface area contributed by atoms with Crippen LogP contribution in [-0.4, -0.2) is 39.5 Å². The van der Waals surface area contributed by atoms with Crippen LogP contribution < -0.4 is 0 Å². The molecule has 1 aromatic rings. The second-order valence-electron chi connectivity index (χ2n) is 4.97. The van der Waals surface area contributed by atoms with Crippen molar-refractivity contribution < 1.29 is 14.7 Å². The van der Waals surface area contributed by atoms with Gasteiger partial charge in [-0.2, -0.15) is 0 Å². The number of carboxylic acid groups (broad SMARTS) is 1. The molecule has 18 heavy (non-hydrogen) atoms. The van der Waals surface area contributed by atoms with Crippen LogP contribution in [0.15, 0.2) is 18.3 Å². The molecule has 1 unspecified atom stereocenters. The average Bonchev–Trinajstić information content (AvgIpc) is 2.97. The molecule has 0 spiro atoms. The van der Waals surface area contributed by atoms with Crippen LogP contribution in [0, 0.1) is 5.92 Å². The van der Waals surface area contributed by atoms with E-state index in [0.717, 1.165) is 0 Å². The molecule has 0 aliphatic carbocycles. The van der Waals surface area contributed by atoms with Gasteiger partial charge in [-0.1, -0.05) is 0 Å². The Hall–Kier alpha value is -1.78. The fraction of sp³-hybridized carbons (Fsp3) is 0.538. The molecule has 1 saturated heterocycles. The summed E-state index contributed by atoms with van der Waals surface area (Å²) >= 11 is 0. The van der Waals surface area contributed by atoms with E-state index in [2.05, 4.69) is 0 Å². The standard InChI is InChI=1S/C13H18N2O3/c1-9(2)15-6-3-4-11(15)12(16)14-7-5-10(8-14)13(17)18/h3-4,6,9-10H,5,7-8H2,1-2H3,(H,17,18). The van der Waals surface area contributed by atoms with Crippen LogP contribution in [0.4, 0.5) is 0 Å². The van der Waals surface area contributed by atoms with Crippen molar-refractivity contribution in [1.82, 2.24) is 9.47 Å². The SMILES string of the molecule is CC(C)n1cccc1C(=O)N1CCC(C(=O)O)C1. The van der Waals surface area contributed by atoms with Crippen LogP contribution >= 0.6 is 0 Å². The molecule has 5 heteroatoms. The van der Waals surface area contributed by atoms with Gasteiger partial charge in [-0.25, -0.2) is 0 Å². The quantitative estimate of drug-likeness (QED) is 0.886. The normalized spacial score (nSPS) is 19.5. The van der Waals surface area contributed by atoms with E-state index in [1.165, 1.54) is 0 Å². The highest BCUT2D eigenvalue weighted by molar-refractivity contribution is 5.93. The van der Waals surface area contributed by atoms with Gasteiger partial charge in [0, 0.05) is 25.3 Å². The minimum Gasteiger partial charge on any atom is -0.481 e. The lowest BCUT2D eigenvalue weighted by Gasteiger charge is -2.19. The Morgan fingerprint density at radius 2 is 2.17 bits per heavy atom. The predicted molar refractivity (Wildman–Crippen MR) is 66.5 cm³/mol. The maximum absolute atomic E-state index is 12.3. The van der Waals surface area contributed by atoms with E-state index in [1.807, 2.05) is 30.7 Å². The van der Waals surface area contributed by atoms with Gasteiger partial charge in [-0.15, -0.1) is 0 Å². The zero-order valence-corrected chi connectivity index (χ0v) is 10.7. The molecule has 1 aliphatic rings. The van der Waals surface area contributed by atoms with Crippen LogP contribution in [0.5, 0.6) is 0 Å². The maximum atomic E-state index is 12.3. The lowest BCUT2D eigenvalue weighted by atomic mass is 10.1. The van der Waals surface area contributed by atoms with Gasteiger partial charge in [-0.05, 0) is 32.4 Å². The molecule has 0 aromatic carbocycles. The van der Waals surface area contributed by atoms with Crippen molar-refractivity contribution in [2.75, 3.05) is 13.1 Å². The molecule has 2 rings (SSSR count). The fourth-order valence-electron chi connectivity index (χ4n) is 2.33. The lowest BCUT2D eigenvalue weighted by Crippen LogP contribution is -2.31. The van der Waals surface area contributed by atoms with Gasteiger partial charge in [-0.3, -0.25) is 9.59 Å². The Balaban J connectivity index is 2.13. The lowest BCUT2D eigenvalue weighted by molar-refractivity contribution is -0.141. The van der Waals surface area contributed by atoms with Crippen molar-refractivity contribution in [3.05, 3.63) is 24.0 Å². The monoisotopic (exact) mass is 250 g/mol. The number of aliphatic carboxylic acids is 1. The Morgan fingerprint density at radius 1 is 1.44 bits per heavy atom. The summed E-state index contributed by atoms with van der Waals surface area (Å²) in [6, 6.07) is 3.85. The van der Waals surface area contributed by atoms with E-state index < -0.39 is 11.9 Å². The van der Waals surface area contributed by atoms with Crippen LogP contribution in [0.3, 0.4) is 0 Å². The van der Waals surface area contributed by atoms with E-state index in [-0.39, 0.29) is 11.9 Å². The van der Waals surface area contributed by atoms with Crippen LogP contribution in [0.2, 0.25) is 0 Å². The van der Waals surface area contributed by atoms with Crippen molar-refractivity contribution in [3.8, 4) is 0 Å². The summed E-state index contributed by atoms with van der Waals surface area (Å²) < 4.78 is 1.91. The van der Waals surface area contributed by atoms with Crippen molar-refractivity contribution in [2.24, 2.45) is 5.92 Å². The van der Waals surface area contributed by atoms with Gasteiger partial charge < -0.3 is 14.6 Å². The van der Waals surface area contributed by atoms with Gasteiger partial charge in [0.1, 0.15) is 5.69 Å². The number of hydrogen-bond acceptors (Lipinski definition) is 2. The van der Waals surface area contributed by atoms with Gasteiger partial charge >= 0.3 is 5.97 Å². The Labute approximate surface area is 106 Å². The number of carboxylic acids is 1. The van der Waals surface area contributed by atoms with Crippen LogP contribution in [0.25, 0.3) is 0 Å². The molecule has 1 atom stereocenters. The van der Waals surface area contributed by atoms with Crippen molar-refractivity contribution >= 4 is 11.9 Å². The number of nitrogens with zero attached hydrogens (tertiary/aromatic N) is 2. The molecule has 1 N–H and O–H groups in total. The second-order valence-corrected chi connectivity index (χ2v) is 4.97. The number of amides is 1.